The van der Waals surface area contributed by atoms with Gasteiger partial charge in [-0.2, -0.15) is 0 Å². The van der Waals surface area contributed by atoms with Crippen molar-refractivity contribution in [1.82, 2.24) is 10.2 Å². The zero-order chi connectivity index (χ0) is 17.5. The van der Waals surface area contributed by atoms with Crippen molar-refractivity contribution < 1.29 is 20.1 Å². The highest BCUT2D eigenvalue weighted by Gasteiger charge is 2.39. The Morgan fingerprint density at radius 2 is 1.96 bits per heavy atom. The fourth-order valence-corrected chi connectivity index (χ4v) is 3.25. The van der Waals surface area contributed by atoms with Gasteiger partial charge in [0, 0.05) is 19.2 Å². The van der Waals surface area contributed by atoms with E-state index in [-0.39, 0.29) is 12.1 Å². The monoisotopic (exact) mass is 337 g/mol. The number of amides is 4. The first kappa shape index (κ1) is 18.6. The number of quaternary nitrogens is 1. The van der Waals surface area contributed by atoms with E-state index in [1.54, 1.807) is 0 Å². The summed E-state index contributed by atoms with van der Waals surface area (Å²) in [6.07, 6.45) is 9.52. The second kappa shape index (κ2) is 8.92. The zero-order valence-corrected chi connectivity index (χ0v) is 14.5. The minimum atomic E-state index is -0.997. The van der Waals surface area contributed by atoms with Crippen molar-refractivity contribution in [1.29, 1.82) is 0 Å². The van der Waals surface area contributed by atoms with Gasteiger partial charge < -0.3 is 5.73 Å². The number of carbonyl (C=O) groups is 3. The third-order valence-electron chi connectivity index (χ3n) is 4.82. The van der Waals surface area contributed by atoms with E-state index in [1.165, 1.54) is 6.21 Å². The van der Waals surface area contributed by atoms with Crippen molar-refractivity contribution in [2.75, 3.05) is 6.54 Å². The van der Waals surface area contributed by atoms with Gasteiger partial charge in [-0.1, -0.05) is 32.6 Å². The van der Waals surface area contributed by atoms with Gasteiger partial charge in [-0.05, 0) is 19.3 Å². The zero-order valence-electron chi connectivity index (χ0n) is 14.5. The fraction of sp³-hybridized carbons (Fsp3) is 0.765. The molecule has 0 unspecified atom stereocenters. The number of urea groups is 1. The lowest BCUT2D eigenvalue weighted by Crippen LogP contribution is -2.66. The van der Waals surface area contributed by atoms with Gasteiger partial charge in [0.05, 0.1) is 0 Å². The smallest absolute Gasteiger partial charge is 0.330 e. The van der Waals surface area contributed by atoms with Crippen LogP contribution in [-0.4, -0.2) is 47.6 Å². The van der Waals surface area contributed by atoms with Gasteiger partial charge in [-0.25, -0.2) is 4.79 Å². The molecular formula is C17H29N4O3+. The molecule has 4 N–H and O–H groups in total. The molecule has 1 heterocycles. The Kier molecular flexibility index (Phi) is 6.90. The molecule has 0 aromatic carbocycles. The molecule has 0 spiro atoms. The van der Waals surface area contributed by atoms with Crippen LogP contribution in [0.4, 0.5) is 4.79 Å². The minimum absolute atomic E-state index is 0.0648. The Labute approximate surface area is 143 Å². The van der Waals surface area contributed by atoms with Crippen LogP contribution in [0.1, 0.15) is 58.3 Å². The number of nitrogens with zero attached hydrogens (tertiary/aromatic N) is 2. The molecule has 2 fully saturated rings. The van der Waals surface area contributed by atoms with E-state index in [9.17, 15) is 14.4 Å². The average Bonchev–Trinajstić information content (AvgIpc) is 2.55. The largest absolute Gasteiger partial charge is 0.353 e. The molecule has 3 atom stereocenters. The van der Waals surface area contributed by atoms with Crippen molar-refractivity contribution in [3.8, 4) is 0 Å². The molecule has 24 heavy (non-hydrogen) atoms. The molecular weight excluding hydrogens is 308 g/mol. The molecule has 7 nitrogen and oxygen atoms in total. The minimum Gasteiger partial charge on any atom is -0.353 e. The topological polar surface area (TPSA) is 106 Å². The SMILES string of the molecule is CCCCCCN1C(=O)NC(=O)[C@H](C=N[C@@H]2CCCC[C@@H]2[NH3+])C1=O. The Morgan fingerprint density at radius 1 is 1.21 bits per heavy atom. The number of hydrogen-bond donors (Lipinski definition) is 2. The molecule has 1 saturated heterocycles. The summed E-state index contributed by atoms with van der Waals surface area (Å²) in [7, 11) is 0. The number of barbiturate groups is 1. The maximum absolute atomic E-state index is 12.5. The highest BCUT2D eigenvalue weighted by Crippen LogP contribution is 2.19. The molecule has 2 rings (SSSR count). The second-order valence-corrected chi connectivity index (χ2v) is 6.73. The molecule has 2 aliphatic rings. The first-order valence-electron chi connectivity index (χ1n) is 9.07. The molecule has 0 aromatic rings. The average molecular weight is 337 g/mol. The normalized spacial score (nSPS) is 28.5. The number of rotatable bonds is 7. The summed E-state index contributed by atoms with van der Waals surface area (Å²) in [6, 6.07) is -0.322. The molecule has 7 heteroatoms. The quantitative estimate of drug-likeness (QED) is 0.409. The summed E-state index contributed by atoms with van der Waals surface area (Å²) in [5.74, 6) is -2.03. The standard InChI is InChI=1S/C17H28N4O3/c1-2-3-4-7-10-21-16(23)12(15(22)20-17(21)24)11-19-14-9-6-5-8-13(14)18/h11-14H,2-10,18H2,1H3,(H,20,22,24)/p+1/t12-,13-,14+/m0/s1. The molecule has 1 aliphatic carbocycles. The Hall–Kier alpha value is -1.76. The second-order valence-electron chi connectivity index (χ2n) is 6.73. The molecule has 0 bridgehead atoms. The summed E-state index contributed by atoms with van der Waals surface area (Å²) in [5, 5.41) is 2.27. The number of aliphatic imine (C=N–C) groups is 1. The summed E-state index contributed by atoms with van der Waals surface area (Å²) in [5.41, 5.74) is 4.10. The van der Waals surface area contributed by atoms with Crippen LogP contribution in [-0.2, 0) is 9.59 Å². The molecule has 4 amide bonds. The van der Waals surface area contributed by atoms with Crippen LogP contribution in [0.2, 0.25) is 0 Å². The summed E-state index contributed by atoms with van der Waals surface area (Å²) in [4.78, 5) is 42.0. The predicted molar refractivity (Wildman–Crippen MR) is 90.3 cm³/mol. The van der Waals surface area contributed by atoms with Gasteiger partial charge in [0.25, 0.3) is 0 Å². The van der Waals surface area contributed by atoms with Crippen molar-refractivity contribution in [3.63, 3.8) is 0 Å². The van der Waals surface area contributed by atoms with E-state index >= 15 is 0 Å². The van der Waals surface area contributed by atoms with Crippen molar-refractivity contribution in [2.45, 2.75) is 70.4 Å². The molecule has 1 saturated carbocycles. The molecule has 1 aliphatic heterocycles. The van der Waals surface area contributed by atoms with Gasteiger partial charge in [0.2, 0.25) is 11.8 Å². The van der Waals surface area contributed by atoms with Crippen LogP contribution >= 0.6 is 0 Å². The van der Waals surface area contributed by atoms with Gasteiger partial charge >= 0.3 is 6.03 Å². The molecule has 0 radical (unpaired) electrons. The van der Waals surface area contributed by atoms with Crippen molar-refractivity contribution in [3.05, 3.63) is 0 Å². The van der Waals surface area contributed by atoms with Crippen molar-refractivity contribution in [2.24, 2.45) is 10.9 Å². The highest BCUT2D eigenvalue weighted by molar-refractivity contribution is 6.23. The summed E-state index contributed by atoms with van der Waals surface area (Å²) in [6.45, 7) is 2.45. The van der Waals surface area contributed by atoms with Crippen LogP contribution in [0, 0.1) is 5.92 Å². The number of unbranched alkanes of at least 4 members (excludes halogenated alkanes) is 3. The van der Waals surface area contributed by atoms with Gasteiger partial charge in [0.1, 0.15) is 12.1 Å². The number of carbonyl (C=O) groups excluding carboxylic acids is 3. The third-order valence-corrected chi connectivity index (χ3v) is 4.82. The number of hydrogen-bond acceptors (Lipinski definition) is 4. The maximum atomic E-state index is 12.5. The summed E-state index contributed by atoms with van der Waals surface area (Å²) >= 11 is 0. The van der Waals surface area contributed by atoms with E-state index in [1.807, 2.05) is 0 Å². The van der Waals surface area contributed by atoms with Crippen LogP contribution in [0.15, 0.2) is 4.99 Å². The maximum Gasteiger partial charge on any atom is 0.330 e. The predicted octanol–water partition coefficient (Wildman–Crippen LogP) is 0.885. The fourth-order valence-electron chi connectivity index (χ4n) is 3.25. The third kappa shape index (κ3) is 4.63. The lowest BCUT2D eigenvalue weighted by molar-refractivity contribution is -0.428. The molecule has 0 aromatic heterocycles. The lowest BCUT2D eigenvalue weighted by atomic mass is 9.91. The van der Waals surface area contributed by atoms with Gasteiger partial charge in [-0.15, -0.1) is 0 Å². The Balaban J connectivity index is 1.98. The Bertz CT molecular complexity index is 506. The van der Waals surface area contributed by atoms with Crippen molar-refractivity contribution >= 4 is 24.1 Å². The molecule has 134 valence electrons. The van der Waals surface area contributed by atoms with Gasteiger partial charge in [-0.3, -0.25) is 24.8 Å². The van der Waals surface area contributed by atoms with Crippen LogP contribution in [0.3, 0.4) is 0 Å². The Morgan fingerprint density at radius 3 is 2.67 bits per heavy atom. The van der Waals surface area contributed by atoms with E-state index in [2.05, 4.69) is 23.0 Å². The van der Waals surface area contributed by atoms with Crippen LogP contribution < -0.4 is 11.1 Å². The number of nitrogens with one attached hydrogen (secondary N) is 1. The lowest BCUT2D eigenvalue weighted by Gasteiger charge is -2.29. The first-order chi connectivity index (χ1) is 11.5. The van der Waals surface area contributed by atoms with E-state index in [0.29, 0.717) is 6.54 Å². The summed E-state index contributed by atoms with van der Waals surface area (Å²) < 4.78 is 0. The van der Waals surface area contributed by atoms with E-state index in [4.69, 9.17) is 0 Å². The van der Waals surface area contributed by atoms with E-state index < -0.39 is 23.8 Å². The van der Waals surface area contributed by atoms with Crippen LogP contribution in [0.25, 0.3) is 0 Å². The van der Waals surface area contributed by atoms with Gasteiger partial charge in [0.15, 0.2) is 5.92 Å². The first-order valence-corrected chi connectivity index (χ1v) is 9.07. The van der Waals surface area contributed by atoms with E-state index in [0.717, 1.165) is 56.3 Å². The highest BCUT2D eigenvalue weighted by atomic mass is 16.2. The number of imide groups is 2. The van der Waals surface area contributed by atoms with Crippen LogP contribution in [0.5, 0.6) is 0 Å².